The number of anilines is 1. The number of para-hydroxylation sites is 1. The molecule has 0 aliphatic carbocycles. The van der Waals surface area contributed by atoms with E-state index in [9.17, 15) is 8.42 Å². The van der Waals surface area contributed by atoms with Crippen LogP contribution in [-0.4, -0.2) is 21.2 Å². The Morgan fingerprint density at radius 3 is 2.44 bits per heavy atom. The summed E-state index contributed by atoms with van der Waals surface area (Å²) in [5, 5.41) is 0. The minimum atomic E-state index is -3.30. The smallest absolute Gasteiger partial charge is 0.232 e. The minimum absolute atomic E-state index is 0.254. The lowest BCUT2D eigenvalue weighted by Gasteiger charge is -2.22. The van der Waals surface area contributed by atoms with Gasteiger partial charge in [-0.3, -0.25) is 4.31 Å². The molecule has 0 unspecified atom stereocenters. The molecular formula is C12H15NO2S. The van der Waals surface area contributed by atoms with Crippen LogP contribution in [0, 0.1) is 0 Å². The third-order valence-electron chi connectivity index (χ3n) is 2.12. The summed E-state index contributed by atoms with van der Waals surface area (Å²) in [6.45, 7) is 7.49. The summed E-state index contributed by atoms with van der Waals surface area (Å²) in [4.78, 5) is 0. The Morgan fingerprint density at radius 1 is 1.31 bits per heavy atom. The molecule has 1 aromatic carbocycles. The Morgan fingerprint density at radius 2 is 1.94 bits per heavy atom. The molecule has 0 spiro atoms. The van der Waals surface area contributed by atoms with Crippen molar-refractivity contribution in [2.75, 3.05) is 17.1 Å². The zero-order valence-corrected chi connectivity index (χ0v) is 10.1. The summed E-state index contributed by atoms with van der Waals surface area (Å²) < 4.78 is 24.6. The van der Waals surface area contributed by atoms with Crippen LogP contribution in [-0.2, 0) is 10.0 Å². The molecule has 0 amide bonds. The van der Waals surface area contributed by atoms with Gasteiger partial charge in [-0.05, 0) is 11.6 Å². The molecule has 0 N–H and O–H groups in total. The van der Waals surface area contributed by atoms with Crippen LogP contribution in [0.15, 0.2) is 43.5 Å². The number of rotatable bonds is 5. The first-order valence-electron chi connectivity index (χ1n) is 4.80. The van der Waals surface area contributed by atoms with Gasteiger partial charge in [-0.2, -0.15) is 0 Å². The fourth-order valence-corrected chi connectivity index (χ4v) is 2.32. The summed E-state index contributed by atoms with van der Waals surface area (Å²) in [6, 6.07) is 7.21. The van der Waals surface area contributed by atoms with Gasteiger partial charge in [0.2, 0.25) is 10.0 Å². The Labute approximate surface area is 96.8 Å². The van der Waals surface area contributed by atoms with Gasteiger partial charge in [0.1, 0.15) is 0 Å². The van der Waals surface area contributed by atoms with Crippen LogP contribution in [0.25, 0.3) is 6.08 Å². The van der Waals surface area contributed by atoms with E-state index in [0.29, 0.717) is 5.69 Å². The molecule has 0 bridgehead atoms. The molecule has 0 aliphatic heterocycles. The molecule has 86 valence electrons. The van der Waals surface area contributed by atoms with Crippen LogP contribution >= 0.6 is 0 Å². The van der Waals surface area contributed by atoms with Gasteiger partial charge in [-0.1, -0.05) is 36.9 Å². The van der Waals surface area contributed by atoms with Crippen molar-refractivity contribution in [2.45, 2.75) is 0 Å². The second-order valence-corrected chi connectivity index (χ2v) is 5.25. The van der Waals surface area contributed by atoms with Gasteiger partial charge in [0.25, 0.3) is 0 Å². The van der Waals surface area contributed by atoms with Crippen LogP contribution in [0.4, 0.5) is 5.69 Å². The van der Waals surface area contributed by atoms with Crippen molar-refractivity contribution in [2.24, 2.45) is 0 Å². The highest BCUT2D eigenvalue weighted by molar-refractivity contribution is 7.92. The fourth-order valence-electron chi connectivity index (χ4n) is 1.42. The molecule has 0 aromatic heterocycles. The predicted molar refractivity (Wildman–Crippen MR) is 68.9 cm³/mol. The van der Waals surface area contributed by atoms with Crippen molar-refractivity contribution >= 4 is 21.8 Å². The maximum Gasteiger partial charge on any atom is 0.232 e. The van der Waals surface area contributed by atoms with E-state index >= 15 is 0 Å². The third kappa shape index (κ3) is 2.73. The van der Waals surface area contributed by atoms with Gasteiger partial charge in [0.05, 0.1) is 18.5 Å². The summed E-state index contributed by atoms with van der Waals surface area (Å²) in [6.07, 6.45) is 4.37. The number of sulfonamides is 1. The first kappa shape index (κ1) is 12.5. The zero-order chi connectivity index (χ0) is 12.2. The molecule has 0 heterocycles. The summed E-state index contributed by atoms with van der Waals surface area (Å²) >= 11 is 0. The van der Waals surface area contributed by atoms with Crippen molar-refractivity contribution < 1.29 is 8.42 Å². The van der Waals surface area contributed by atoms with Crippen LogP contribution in [0.3, 0.4) is 0 Å². The molecule has 1 rings (SSSR count). The number of hydrogen-bond donors (Lipinski definition) is 0. The van der Waals surface area contributed by atoms with Crippen LogP contribution < -0.4 is 4.31 Å². The monoisotopic (exact) mass is 237 g/mol. The topological polar surface area (TPSA) is 37.4 Å². The summed E-state index contributed by atoms with van der Waals surface area (Å²) in [5.74, 6) is 0. The normalized spacial score (nSPS) is 10.8. The average Bonchev–Trinajstić information content (AvgIpc) is 2.24. The fraction of sp³-hybridized carbons (Fsp3) is 0.167. The van der Waals surface area contributed by atoms with Gasteiger partial charge in [-0.15, -0.1) is 6.58 Å². The van der Waals surface area contributed by atoms with E-state index in [1.165, 1.54) is 10.6 Å². The molecule has 0 saturated heterocycles. The standard InChI is InChI=1S/C12H15NO2S/c1-4-10-13(16(3,14)15)12-9-7-6-8-11(12)5-2/h4-9H,1-2,10H2,3H3. The Bertz CT molecular complexity index is 491. The first-order chi connectivity index (χ1) is 7.50. The number of nitrogens with zero attached hydrogens (tertiary/aromatic N) is 1. The predicted octanol–water partition coefficient (Wildman–Crippen LogP) is 2.28. The summed E-state index contributed by atoms with van der Waals surface area (Å²) in [5.41, 5.74) is 1.41. The van der Waals surface area contributed by atoms with Gasteiger partial charge >= 0.3 is 0 Å². The maximum atomic E-state index is 11.6. The van der Waals surface area contributed by atoms with E-state index in [2.05, 4.69) is 13.2 Å². The Kier molecular flexibility index (Phi) is 3.90. The van der Waals surface area contributed by atoms with Gasteiger partial charge in [0, 0.05) is 0 Å². The average molecular weight is 237 g/mol. The van der Waals surface area contributed by atoms with Crippen molar-refractivity contribution in [1.29, 1.82) is 0 Å². The molecule has 0 fully saturated rings. The third-order valence-corrected chi connectivity index (χ3v) is 3.27. The molecular weight excluding hydrogens is 222 g/mol. The molecule has 4 heteroatoms. The largest absolute Gasteiger partial charge is 0.266 e. The SMILES string of the molecule is C=CCN(c1ccccc1C=C)S(C)(=O)=O. The maximum absolute atomic E-state index is 11.6. The lowest BCUT2D eigenvalue weighted by Crippen LogP contribution is -2.30. The number of hydrogen-bond acceptors (Lipinski definition) is 2. The summed E-state index contributed by atoms with van der Waals surface area (Å²) in [7, 11) is -3.30. The molecule has 3 nitrogen and oxygen atoms in total. The van der Waals surface area contributed by atoms with Crippen molar-refractivity contribution in [3.05, 3.63) is 49.1 Å². The molecule has 0 saturated carbocycles. The van der Waals surface area contributed by atoms with Gasteiger partial charge in [0.15, 0.2) is 0 Å². The Balaban J connectivity index is 3.31. The minimum Gasteiger partial charge on any atom is -0.266 e. The van der Waals surface area contributed by atoms with Gasteiger partial charge in [-0.25, -0.2) is 8.42 Å². The van der Waals surface area contributed by atoms with Crippen LogP contribution in [0.2, 0.25) is 0 Å². The lowest BCUT2D eigenvalue weighted by molar-refractivity contribution is 0.598. The highest BCUT2D eigenvalue weighted by atomic mass is 32.2. The van der Waals surface area contributed by atoms with E-state index < -0.39 is 10.0 Å². The molecule has 1 aromatic rings. The van der Waals surface area contributed by atoms with Crippen molar-refractivity contribution in [1.82, 2.24) is 0 Å². The van der Waals surface area contributed by atoms with E-state index in [1.807, 2.05) is 12.1 Å². The molecule has 0 aliphatic rings. The van der Waals surface area contributed by atoms with Gasteiger partial charge < -0.3 is 0 Å². The van der Waals surface area contributed by atoms with Crippen LogP contribution in [0.1, 0.15) is 5.56 Å². The zero-order valence-electron chi connectivity index (χ0n) is 9.26. The van der Waals surface area contributed by atoms with E-state index in [-0.39, 0.29) is 6.54 Å². The molecule has 0 radical (unpaired) electrons. The highest BCUT2D eigenvalue weighted by Crippen LogP contribution is 2.23. The number of benzene rings is 1. The second kappa shape index (κ2) is 4.99. The highest BCUT2D eigenvalue weighted by Gasteiger charge is 2.17. The van der Waals surface area contributed by atoms with E-state index in [1.54, 1.807) is 24.3 Å². The van der Waals surface area contributed by atoms with Crippen molar-refractivity contribution in [3.63, 3.8) is 0 Å². The first-order valence-corrected chi connectivity index (χ1v) is 6.65. The van der Waals surface area contributed by atoms with E-state index in [4.69, 9.17) is 0 Å². The molecule has 0 atom stereocenters. The lowest BCUT2D eigenvalue weighted by atomic mass is 10.2. The van der Waals surface area contributed by atoms with Crippen molar-refractivity contribution in [3.8, 4) is 0 Å². The van der Waals surface area contributed by atoms with E-state index in [0.717, 1.165) is 5.56 Å². The van der Waals surface area contributed by atoms with Crippen LogP contribution in [0.5, 0.6) is 0 Å². The Hall–Kier alpha value is -1.55. The second-order valence-electron chi connectivity index (χ2n) is 3.35. The quantitative estimate of drug-likeness (QED) is 0.737. The molecule has 16 heavy (non-hydrogen) atoms.